The van der Waals surface area contributed by atoms with Crippen LogP contribution in [0.5, 0.6) is 0 Å². The fourth-order valence-electron chi connectivity index (χ4n) is 1.98. The van der Waals surface area contributed by atoms with Crippen molar-refractivity contribution in [2.75, 3.05) is 19.7 Å². The normalized spacial score (nSPS) is 18.6. The van der Waals surface area contributed by atoms with E-state index in [0.717, 1.165) is 18.7 Å². The zero-order chi connectivity index (χ0) is 13.7. The number of hydrogen-bond acceptors (Lipinski definition) is 5. The molecule has 1 aromatic heterocycles. The molecule has 114 valence electrons. The topological polar surface area (TPSA) is 76.4 Å². The molecule has 6 nitrogen and oxygen atoms in total. The van der Waals surface area contributed by atoms with Crippen LogP contribution in [0.4, 0.5) is 0 Å². The van der Waals surface area contributed by atoms with Gasteiger partial charge in [0.2, 0.25) is 0 Å². The number of nitrogens with zero attached hydrogens (tertiary/aromatic N) is 1. The summed E-state index contributed by atoms with van der Waals surface area (Å²) in [5, 5.41) is 9.89. The van der Waals surface area contributed by atoms with Crippen molar-refractivity contribution < 1.29 is 14.1 Å². The summed E-state index contributed by atoms with van der Waals surface area (Å²) in [6.45, 7) is 6.53. The molecule has 1 amide bonds. The minimum atomic E-state index is -0.410. The van der Waals surface area contributed by atoms with Gasteiger partial charge in [0.25, 0.3) is 5.91 Å². The second kappa shape index (κ2) is 8.24. The summed E-state index contributed by atoms with van der Waals surface area (Å²) in [5.41, 5.74) is 0.926. The molecule has 0 radical (unpaired) electrons. The van der Waals surface area contributed by atoms with Crippen molar-refractivity contribution in [1.82, 2.24) is 15.8 Å². The van der Waals surface area contributed by atoms with Crippen LogP contribution in [0.1, 0.15) is 25.3 Å². The van der Waals surface area contributed by atoms with E-state index in [1.165, 1.54) is 0 Å². The van der Waals surface area contributed by atoms with E-state index in [1.807, 2.05) is 6.07 Å². The molecule has 7 heteroatoms. The summed E-state index contributed by atoms with van der Waals surface area (Å²) in [4.78, 5) is 11.8. The van der Waals surface area contributed by atoms with Crippen molar-refractivity contribution in [2.45, 2.75) is 32.9 Å². The molecule has 2 rings (SSSR count). The predicted molar refractivity (Wildman–Crippen MR) is 76.7 cm³/mol. The van der Waals surface area contributed by atoms with Crippen molar-refractivity contribution >= 4 is 18.3 Å². The van der Waals surface area contributed by atoms with E-state index in [0.29, 0.717) is 31.4 Å². The Kier molecular flexibility index (Phi) is 6.98. The Morgan fingerprint density at radius 3 is 3.05 bits per heavy atom. The standard InChI is InChI=1S/C13H21N3O3.ClH/c1-9(2)5-10-6-11(19-16-10)7-15-13(17)12-8-14-3-4-18-12;/h6,9,12,14H,3-5,7-8H2,1-2H3,(H,15,17);1H. The molecular weight excluding hydrogens is 282 g/mol. The molecule has 0 aliphatic carbocycles. The van der Waals surface area contributed by atoms with Crippen molar-refractivity contribution in [1.29, 1.82) is 0 Å². The minimum Gasteiger partial charge on any atom is -0.366 e. The zero-order valence-electron chi connectivity index (χ0n) is 11.8. The van der Waals surface area contributed by atoms with E-state index in [2.05, 4.69) is 29.6 Å². The summed E-state index contributed by atoms with van der Waals surface area (Å²) in [5.74, 6) is 1.09. The lowest BCUT2D eigenvalue weighted by Gasteiger charge is -2.22. The van der Waals surface area contributed by atoms with Crippen molar-refractivity contribution in [3.63, 3.8) is 0 Å². The third kappa shape index (κ3) is 5.11. The summed E-state index contributed by atoms with van der Waals surface area (Å²) in [6.07, 6.45) is 0.472. The lowest BCUT2D eigenvalue weighted by Crippen LogP contribution is -2.47. The number of carbonyl (C=O) groups is 1. The predicted octanol–water partition coefficient (Wildman–Crippen LogP) is 0.900. The van der Waals surface area contributed by atoms with Crippen molar-refractivity contribution in [3.05, 3.63) is 17.5 Å². The van der Waals surface area contributed by atoms with Crippen LogP contribution in [-0.4, -0.2) is 36.9 Å². The maximum atomic E-state index is 11.8. The molecule has 0 bridgehead atoms. The minimum absolute atomic E-state index is 0. The lowest BCUT2D eigenvalue weighted by molar-refractivity contribution is -0.134. The number of amides is 1. The van der Waals surface area contributed by atoms with Crippen LogP contribution >= 0.6 is 12.4 Å². The van der Waals surface area contributed by atoms with E-state index in [4.69, 9.17) is 9.26 Å². The van der Waals surface area contributed by atoms with E-state index < -0.39 is 6.10 Å². The zero-order valence-corrected chi connectivity index (χ0v) is 12.7. The van der Waals surface area contributed by atoms with Crippen LogP contribution in [0.2, 0.25) is 0 Å². The highest BCUT2D eigenvalue weighted by Gasteiger charge is 2.21. The van der Waals surface area contributed by atoms with Crippen molar-refractivity contribution in [3.8, 4) is 0 Å². The average Bonchev–Trinajstić information content (AvgIpc) is 2.84. The van der Waals surface area contributed by atoms with Gasteiger partial charge in [-0.15, -0.1) is 12.4 Å². The van der Waals surface area contributed by atoms with Gasteiger partial charge in [0.15, 0.2) is 5.76 Å². The first-order valence-corrected chi connectivity index (χ1v) is 6.69. The Bertz CT molecular complexity index is 417. The first-order chi connectivity index (χ1) is 9.15. The second-order valence-electron chi connectivity index (χ2n) is 5.16. The number of halogens is 1. The van der Waals surface area contributed by atoms with E-state index in [-0.39, 0.29) is 18.3 Å². The summed E-state index contributed by atoms with van der Waals surface area (Å²) < 4.78 is 10.5. The molecule has 1 aliphatic rings. The van der Waals surface area contributed by atoms with Crippen LogP contribution in [0.25, 0.3) is 0 Å². The van der Waals surface area contributed by atoms with Gasteiger partial charge < -0.3 is 19.9 Å². The van der Waals surface area contributed by atoms with Crippen LogP contribution < -0.4 is 10.6 Å². The van der Waals surface area contributed by atoms with E-state index in [9.17, 15) is 4.79 Å². The molecule has 1 aliphatic heterocycles. The van der Waals surface area contributed by atoms with Gasteiger partial charge in [0.1, 0.15) is 6.10 Å². The van der Waals surface area contributed by atoms with Gasteiger partial charge in [-0.05, 0) is 12.3 Å². The number of ether oxygens (including phenoxy) is 1. The highest BCUT2D eigenvalue weighted by Crippen LogP contribution is 2.09. The van der Waals surface area contributed by atoms with Crippen LogP contribution in [-0.2, 0) is 22.5 Å². The van der Waals surface area contributed by atoms with Gasteiger partial charge in [0, 0.05) is 19.2 Å². The first kappa shape index (κ1) is 16.9. The number of rotatable bonds is 5. The van der Waals surface area contributed by atoms with Crippen molar-refractivity contribution in [2.24, 2.45) is 5.92 Å². The highest BCUT2D eigenvalue weighted by atomic mass is 35.5. The number of morpholine rings is 1. The molecule has 2 N–H and O–H groups in total. The lowest BCUT2D eigenvalue weighted by atomic mass is 10.1. The molecule has 1 fully saturated rings. The smallest absolute Gasteiger partial charge is 0.250 e. The first-order valence-electron chi connectivity index (χ1n) is 6.69. The molecule has 1 aromatic rings. The summed E-state index contributed by atoms with van der Waals surface area (Å²) >= 11 is 0. The number of aromatic nitrogens is 1. The maximum Gasteiger partial charge on any atom is 0.250 e. The largest absolute Gasteiger partial charge is 0.366 e. The molecule has 1 saturated heterocycles. The third-order valence-corrected chi connectivity index (χ3v) is 2.88. The fourth-order valence-corrected chi connectivity index (χ4v) is 1.98. The Labute approximate surface area is 125 Å². The molecule has 0 saturated carbocycles. The van der Waals surface area contributed by atoms with Gasteiger partial charge >= 0.3 is 0 Å². The number of hydrogen-bond donors (Lipinski definition) is 2. The Morgan fingerprint density at radius 2 is 2.40 bits per heavy atom. The van der Waals surface area contributed by atoms with Crippen LogP contribution in [0.15, 0.2) is 10.6 Å². The van der Waals surface area contributed by atoms with Gasteiger partial charge in [-0.1, -0.05) is 19.0 Å². The summed E-state index contributed by atoms with van der Waals surface area (Å²) in [6, 6.07) is 1.89. The molecule has 1 atom stereocenters. The molecule has 0 spiro atoms. The monoisotopic (exact) mass is 303 g/mol. The molecule has 20 heavy (non-hydrogen) atoms. The van der Waals surface area contributed by atoms with E-state index >= 15 is 0 Å². The van der Waals surface area contributed by atoms with E-state index in [1.54, 1.807) is 0 Å². The number of carbonyl (C=O) groups excluding carboxylic acids is 1. The quantitative estimate of drug-likeness (QED) is 0.845. The summed E-state index contributed by atoms with van der Waals surface area (Å²) in [7, 11) is 0. The maximum absolute atomic E-state index is 11.8. The Balaban J connectivity index is 0.00000200. The molecule has 1 unspecified atom stereocenters. The van der Waals surface area contributed by atoms with Gasteiger partial charge in [0.05, 0.1) is 18.8 Å². The third-order valence-electron chi connectivity index (χ3n) is 2.88. The molecule has 0 aromatic carbocycles. The van der Waals surface area contributed by atoms with Crippen LogP contribution in [0, 0.1) is 5.92 Å². The molecule has 2 heterocycles. The Morgan fingerprint density at radius 1 is 1.60 bits per heavy atom. The highest BCUT2D eigenvalue weighted by molar-refractivity contribution is 5.85. The SMILES string of the molecule is CC(C)Cc1cc(CNC(=O)C2CNCCO2)on1.Cl. The van der Waals surface area contributed by atoms with Gasteiger partial charge in [-0.25, -0.2) is 0 Å². The van der Waals surface area contributed by atoms with Gasteiger partial charge in [-0.2, -0.15) is 0 Å². The van der Waals surface area contributed by atoms with Crippen LogP contribution in [0.3, 0.4) is 0 Å². The van der Waals surface area contributed by atoms with Gasteiger partial charge in [-0.3, -0.25) is 4.79 Å². The average molecular weight is 304 g/mol. The number of nitrogens with one attached hydrogen (secondary N) is 2. The fraction of sp³-hybridized carbons (Fsp3) is 0.692. The Hall–Kier alpha value is -1.11. The second-order valence-corrected chi connectivity index (χ2v) is 5.16. The molecular formula is C13H22ClN3O3.